The van der Waals surface area contributed by atoms with Crippen LogP contribution in [0.2, 0.25) is 10.0 Å². The Morgan fingerprint density at radius 1 is 0.617 bits per heavy atom. The van der Waals surface area contributed by atoms with Crippen LogP contribution in [0, 0.1) is 0 Å². The number of hydrogen-bond donors (Lipinski definition) is 6. The van der Waals surface area contributed by atoms with Gasteiger partial charge >= 0.3 is 6.16 Å². The van der Waals surface area contributed by atoms with Crippen molar-refractivity contribution in [1.82, 2.24) is 9.97 Å². The van der Waals surface area contributed by atoms with Crippen LogP contribution in [0.5, 0.6) is 0 Å². The fraction of sp³-hybridized carbons (Fsp3) is 0.341. The van der Waals surface area contributed by atoms with Crippen molar-refractivity contribution >= 4 is 74.7 Å². The monoisotopic (exact) mass is 932 g/mol. The SMILES string of the molecule is O=C(OC[C@H]1O[C@@H](c2ccc(Cl)c(Cc3ncc(-c4ccsc4)s3)c2)[C@H](O)[C@H](O)[C@H]1O)OC[C@H]1O[C@@H](c2ccc(Cl)c(Cc3ncc(-c4ccsc4)s3)c2)[C@H](O)[C@H](O)[C@H]1O. The Hall–Kier alpha value is -3.37. The maximum absolute atomic E-state index is 12.8. The molecule has 0 amide bonds. The zero-order valence-electron chi connectivity index (χ0n) is 31.2. The molecule has 13 nitrogen and oxygen atoms in total. The van der Waals surface area contributed by atoms with Gasteiger partial charge in [0.05, 0.1) is 19.8 Å². The normalized spacial score (nSPS) is 26.9. The molecule has 2 fully saturated rings. The van der Waals surface area contributed by atoms with Crippen LogP contribution >= 0.6 is 68.5 Å². The highest BCUT2D eigenvalue weighted by molar-refractivity contribution is 7.16. The summed E-state index contributed by atoms with van der Waals surface area (Å²) in [5.41, 5.74) is 4.50. The standard InChI is InChI=1S/C41H38Cl2N2O11S4/c42-25-3-1-19(9-23(25)11-31-44-13-29(59-31)21-5-7-57-17-21)39-37(50)35(48)33(46)27(55-39)15-53-41(52)54-16-28-34(47)36(49)38(51)40(56-28)20-2-4-26(43)24(10-20)12-32-45-14-30(60-32)22-6-8-58-18-22/h1-10,13-14,17-18,27-28,33-40,46-51H,11-12,15-16H2/t27-,28-,33+,34+,35-,36-,37-,38-,39+,40+/m1/s1. The molecule has 10 atom stereocenters. The van der Waals surface area contributed by atoms with Crippen LogP contribution < -0.4 is 0 Å². The Balaban J connectivity index is 0.879. The van der Waals surface area contributed by atoms with Crippen LogP contribution in [0.4, 0.5) is 4.79 Å². The third-order valence-corrected chi connectivity index (χ3v) is 14.6. The molecule has 6 N–H and O–H groups in total. The van der Waals surface area contributed by atoms with Gasteiger partial charge in [0.25, 0.3) is 0 Å². The molecule has 6 heterocycles. The fourth-order valence-electron chi connectivity index (χ4n) is 7.07. The topological polar surface area (TPSA) is 201 Å². The van der Waals surface area contributed by atoms with Crippen LogP contribution in [0.3, 0.4) is 0 Å². The molecule has 316 valence electrons. The van der Waals surface area contributed by atoms with Gasteiger partial charge in [-0.15, -0.1) is 22.7 Å². The lowest BCUT2D eigenvalue weighted by molar-refractivity contribution is -0.237. The molecule has 0 bridgehead atoms. The molecule has 4 aromatic heterocycles. The van der Waals surface area contributed by atoms with E-state index in [-0.39, 0.29) is 0 Å². The van der Waals surface area contributed by atoms with Crippen molar-refractivity contribution in [3.05, 3.63) is 125 Å². The summed E-state index contributed by atoms with van der Waals surface area (Å²) in [5.74, 6) is 0. The summed E-state index contributed by atoms with van der Waals surface area (Å²) in [5, 5.41) is 75.7. The van der Waals surface area contributed by atoms with Crippen molar-refractivity contribution in [2.24, 2.45) is 0 Å². The molecule has 0 aliphatic carbocycles. The first-order chi connectivity index (χ1) is 28.9. The van der Waals surface area contributed by atoms with Gasteiger partial charge in [-0.3, -0.25) is 0 Å². The minimum atomic E-state index is -1.66. The maximum atomic E-state index is 12.8. The Labute approximate surface area is 369 Å². The number of nitrogens with zero attached hydrogens (tertiary/aromatic N) is 2. The first-order valence-electron chi connectivity index (χ1n) is 18.6. The second-order valence-corrected chi connectivity index (χ2v) is 18.9. The third kappa shape index (κ3) is 9.50. The van der Waals surface area contributed by atoms with Gasteiger partial charge in [-0.05, 0) is 68.0 Å². The highest BCUT2D eigenvalue weighted by Gasteiger charge is 2.46. The predicted octanol–water partition coefficient (Wildman–Crippen LogP) is 6.44. The quantitative estimate of drug-likeness (QED) is 0.0733. The van der Waals surface area contributed by atoms with Crippen LogP contribution in [-0.2, 0) is 31.8 Å². The summed E-state index contributed by atoms with van der Waals surface area (Å²) in [4.78, 5) is 23.9. The Kier molecular flexibility index (Phi) is 13.7. The lowest BCUT2D eigenvalue weighted by Crippen LogP contribution is -2.56. The summed E-state index contributed by atoms with van der Waals surface area (Å²) in [7, 11) is 0. The molecule has 2 aliphatic rings. The van der Waals surface area contributed by atoms with Gasteiger partial charge in [-0.2, -0.15) is 22.7 Å². The summed E-state index contributed by atoms with van der Waals surface area (Å²) in [6, 6.07) is 14.1. The number of ether oxygens (including phenoxy) is 4. The number of carbonyl (C=O) groups excluding carboxylic acids is 1. The van der Waals surface area contributed by atoms with Crippen molar-refractivity contribution < 1.29 is 54.4 Å². The van der Waals surface area contributed by atoms with E-state index in [9.17, 15) is 35.4 Å². The van der Waals surface area contributed by atoms with E-state index in [0.29, 0.717) is 45.1 Å². The number of halogens is 2. The van der Waals surface area contributed by atoms with Crippen molar-refractivity contribution in [3.8, 4) is 20.9 Å². The van der Waals surface area contributed by atoms with Gasteiger partial charge in [0.15, 0.2) is 0 Å². The molecule has 0 radical (unpaired) electrons. The Morgan fingerprint density at radius 2 is 1.05 bits per heavy atom. The molecule has 0 spiro atoms. The molecule has 0 unspecified atom stereocenters. The van der Waals surface area contributed by atoms with Gasteiger partial charge in [0.2, 0.25) is 0 Å². The minimum absolute atomic E-state index is 0.398. The Morgan fingerprint density at radius 3 is 1.45 bits per heavy atom. The molecule has 60 heavy (non-hydrogen) atoms. The summed E-state index contributed by atoms with van der Waals surface area (Å²) < 4.78 is 22.5. The highest BCUT2D eigenvalue weighted by Crippen LogP contribution is 2.38. The van der Waals surface area contributed by atoms with E-state index in [1.165, 1.54) is 22.7 Å². The molecule has 2 saturated heterocycles. The largest absolute Gasteiger partial charge is 0.508 e. The van der Waals surface area contributed by atoms with E-state index in [2.05, 4.69) is 9.97 Å². The van der Waals surface area contributed by atoms with E-state index in [1.807, 2.05) is 33.7 Å². The van der Waals surface area contributed by atoms with Gasteiger partial charge < -0.3 is 49.6 Å². The van der Waals surface area contributed by atoms with E-state index in [1.54, 1.807) is 71.5 Å². The molecule has 2 aromatic carbocycles. The number of aliphatic hydroxyl groups is 6. The second kappa shape index (κ2) is 18.9. The number of thiophene rings is 2. The van der Waals surface area contributed by atoms with Crippen molar-refractivity contribution in [2.75, 3.05) is 13.2 Å². The highest BCUT2D eigenvalue weighted by atomic mass is 35.5. The molecular weight excluding hydrogens is 896 g/mol. The van der Waals surface area contributed by atoms with Crippen LogP contribution in [-0.4, -0.2) is 109 Å². The molecule has 2 aliphatic heterocycles. The van der Waals surface area contributed by atoms with Gasteiger partial charge in [-0.25, -0.2) is 14.8 Å². The smallest absolute Gasteiger partial charge is 0.431 e. The van der Waals surface area contributed by atoms with Gasteiger partial charge in [0.1, 0.15) is 74.3 Å². The molecule has 8 rings (SSSR count). The number of carbonyl (C=O) groups is 1. The first kappa shape index (κ1) is 43.3. The van der Waals surface area contributed by atoms with Crippen LogP contribution in [0.25, 0.3) is 20.9 Å². The van der Waals surface area contributed by atoms with E-state index >= 15 is 0 Å². The summed E-state index contributed by atoms with van der Waals surface area (Å²) in [6.07, 6.45) is -11.3. The Bertz CT molecular complexity index is 2220. The molecule has 19 heteroatoms. The van der Waals surface area contributed by atoms with Crippen LogP contribution in [0.1, 0.15) is 44.5 Å². The number of aromatic nitrogens is 2. The zero-order valence-corrected chi connectivity index (χ0v) is 36.0. The lowest BCUT2D eigenvalue weighted by atomic mass is 9.90. The minimum Gasteiger partial charge on any atom is -0.431 e. The number of rotatable bonds is 12. The van der Waals surface area contributed by atoms with Crippen molar-refractivity contribution in [3.63, 3.8) is 0 Å². The van der Waals surface area contributed by atoms with Crippen molar-refractivity contribution in [1.29, 1.82) is 0 Å². The average molecular weight is 934 g/mol. The van der Waals surface area contributed by atoms with Gasteiger partial charge in [-0.1, -0.05) is 47.5 Å². The second-order valence-electron chi connectivity index (χ2n) is 14.3. The molecular formula is C41H38Cl2N2O11S4. The van der Waals surface area contributed by atoms with Crippen molar-refractivity contribution in [2.45, 2.75) is 73.9 Å². The number of benzene rings is 2. The number of aliphatic hydroxyl groups excluding tert-OH is 6. The average Bonchev–Trinajstić information content (AvgIpc) is 4.09. The van der Waals surface area contributed by atoms with E-state index in [4.69, 9.17) is 42.1 Å². The van der Waals surface area contributed by atoms with Gasteiger partial charge in [0, 0.05) is 46.4 Å². The van der Waals surface area contributed by atoms with E-state index in [0.717, 1.165) is 30.9 Å². The number of thiazole rings is 2. The fourth-order valence-corrected chi connectivity index (χ4v) is 10.8. The third-order valence-electron chi connectivity index (χ3n) is 10.4. The van der Waals surface area contributed by atoms with Crippen LogP contribution in [0.15, 0.2) is 82.4 Å². The maximum Gasteiger partial charge on any atom is 0.508 e. The predicted molar refractivity (Wildman–Crippen MR) is 228 cm³/mol. The first-order valence-corrected chi connectivity index (χ1v) is 22.9. The summed E-state index contributed by atoms with van der Waals surface area (Å²) in [6.45, 7) is -1.16. The zero-order chi connectivity index (χ0) is 42.1. The number of hydrogen-bond acceptors (Lipinski definition) is 17. The summed E-state index contributed by atoms with van der Waals surface area (Å²) >= 11 is 19.4. The molecule has 0 saturated carbocycles. The van der Waals surface area contributed by atoms with E-state index < -0.39 is 80.4 Å². The lowest BCUT2D eigenvalue weighted by Gasteiger charge is -2.41. The molecule has 6 aromatic rings.